The van der Waals surface area contributed by atoms with E-state index in [0.717, 1.165) is 0 Å². The van der Waals surface area contributed by atoms with Crippen molar-refractivity contribution in [1.82, 2.24) is 0 Å². The van der Waals surface area contributed by atoms with E-state index in [0.29, 0.717) is 0 Å². The van der Waals surface area contributed by atoms with Crippen LogP contribution in [0.4, 0.5) is 0 Å². The van der Waals surface area contributed by atoms with Gasteiger partial charge in [-0.05, 0) is 45.4 Å². The van der Waals surface area contributed by atoms with Gasteiger partial charge in [0.1, 0.15) is 0 Å². The van der Waals surface area contributed by atoms with Gasteiger partial charge in [-0.25, -0.2) is 0 Å². The maximum Gasteiger partial charge on any atom is -0.0262 e. The summed E-state index contributed by atoms with van der Waals surface area (Å²) in [5.74, 6) is 0. The van der Waals surface area contributed by atoms with Crippen molar-refractivity contribution < 1.29 is 0 Å². The molecule has 0 amide bonds. The van der Waals surface area contributed by atoms with Crippen molar-refractivity contribution in [3.05, 3.63) is 0 Å². The van der Waals surface area contributed by atoms with E-state index in [1.54, 1.807) is 0 Å². The molecule has 1 rings (SSSR count). The van der Waals surface area contributed by atoms with Gasteiger partial charge in [0.25, 0.3) is 0 Å². The van der Waals surface area contributed by atoms with Crippen molar-refractivity contribution in [2.75, 3.05) is 39.0 Å². The largest absolute Gasteiger partial charge is 0.134 e. The Morgan fingerprint density at radius 3 is 1.50 bits per heavy atom. The summed E-state index contributed by atoms with van der Waals surface area (Å²) in [6.07, 6.45) is 4.38. The third-order valence-electron chi connectivity index (χ3n) is 1.98. The Labute approximate surface area is 65.0 Å². The SMILES string of the molecule is CP1(C)=C=P(C)(C)CCC1. The average Bonchev–Trinajstić information content (AvgIpc) is 1.56. The molecule has 2 heteroatoms. The lowest BCUT2D eigenvalue weighted by molar-refractivity contribution is 1.10. The second-order valence-electron chi connectivity index (χ2n) is 4.27. The summed E-state index contributed by atoms with van der Waals surface area (Å²) in [4.78, 5) is 0. The maximum atomic E-state index is 3.85. The van der Waals surface area contributed by atoms with Crippen molar-refractivity contribution >= 4 is 18.9 Å². The average molecular weight is 176 g/mol. The minimum atomic E-state index is -0.659. The van der Waals surface area contributed by atoms with Crippen LogP contribution in [0.5, 0.6) is 0 Å². The van der Waals surface area contributed by atoms with E-state index in [4.69, 9.17) is 0 Å². The van der Waals surface area contributed by atoms with E-state index >= 15 is 0 Å². The molecular weight excluding hydrogens is 158 g/mol. The number of hydrogen-bond donors (Lipinski definition) is 0. The molecule has 0 spiro atoms. The third kappa shape index (κ3) is 2.35. The fourth-order valence-corrected chi connectivity index (χ4v) is 10.5. The standard InChI is InChI=1S/C8H18P2/c1-9(2)6-5-7-10(3,4)8-9/h5-7H2,1-4H3. The predicted octanol–water partition coefficient (Wildman–Crippen LogP) is 2.58. The van der Waals surface area contributed by atoms with Crippen LogP contribution in [-0.2, 0) is 0 Å². The third-order valence-corrected chi connectivity index (χ3v) is 9.18. The van der Waals surface area contributed by atoms with E-state index in [9.17, 15) is 0 Å². The quantitative estimate of drug-likeness (QED) is 0.497. The van der Waals surface area contributed by atoms with E-state index in [1.807, 2.05) is 0 Å². The zero-order valence-electron chi connectivity index (χ0n) is 7.52. The monoisotopic (exact) mass is 176 g/mol. The van der Waals surface area contributed by atoms with Crippen LogP contribution in [0.1, 0.15) is 6.42 Å². The Balaban J connectivity index is 3.25. The lowest BCUT2D eigenvalue weighted by Gasteiger charge is -2.23. The van der Waals surface area contributed by atoms with Gasteiger partial charge >= 0.3 is 0 Å². The first-order chi connectivity index (χ1) is 4.41. The molecule has 0 saturated carbocycles. The van der Waals surface area contributed by atoms with Crippen LogP contribution < -0.4 is 0 Å². The molecule has 0 nitrogen and oxygen atoms in total. The Bertz CT molecular complexity index is 210. The van der Waals surface area contributed by atoms with Gasteiger partial charge in [0.05, 0.1) is 0 Å². The fraction of sp³-hybridized carbons (Fsp3) is 0.875. The Kier molecular flexibility index (Phi) is 2.27. The highest BCUT2D eigenvalue weighted by molar-refractivity contribution is 7.87. The minimum Gasteiger partial charge on any atom is -0.134 e. The molecule has 0 atom stereocenters. The summed E-state index contributed by atoms with van der Waals surface area (Å²) in [6, 6.07) is 0. The number of rotatable bonds is 0. The molecule has 0 unspecified atom stereocenters. The van der Waals surface area contributed by atoms with Crippen molar-refractivity contribution in [2.45, 2.75) is 6.42 Å². The van der Waals surface area contributed by atoms with E-state index in [-0.39, 0.29) is 0 Å². The van der Waals surface area contributed by atoms with Crippen LogP contribution in [0.3, 0.4) is 0 Å². The molecule has 1 aliphatic rings. The highest BCUT2D eigenvalue weighted by Crippen LogP contribution is 2.51. The van der Waals surface area contributed by atoms with Gasteiger partial charge in [-0.1, -0.05) is 13.8 Å². The first-order valence-corrected chi connectivity index (χ1v) is 9.61. The van der Waals surface area contributed by atoms with Crippen LogP contribution in [0.25, 0.3) is 0 Å². The van der Waals surface area contributed by atoms with Gasteiger partial charge in [0.2, 0.25) is 0 Å². The van der Waals surface area contributed by atoms with Crippen LogP contribution in [0.15, 0.2) is 0 Å². The van der Waals surface area contributed by atoms with Crippen molar-refractivity contribution in [3.8, 4) is 0 Å². The minimum absolute atomic E-state index is 0.659. The summed E-state index contributed by atoms with van der Waals surface area (Å²) in [7, 11) is 0. The Morgan fingerprint density at radius 2 is 1.30 bits per heavy atom. The zero-order valence-corrected chi connectivity index (χ0v) is 9.30. The van der Waals surface area contributed by atoms with Crippen LogP contribution in [0, 0.1) is 0 Å². The van der Waals surface area contributed by atoms with Gasteiger partial charge in [0.15, 0.2) is 0 Å². The summed E-state index contributed by atoms with van der Waals surface area (Å²) >= 11 is 0. The van der Waals surface area contributed by atoms with Crippen molar-refractivity contribution in [3.63, 3.8) is 0 Å². The lowest BCUT2D eigenvalue weighted by Crippen LogP contribution is -2.00. The first-order valence-electron chi connectivity index (χ1n) is 3.87. The second-order valence-corrected chi connectivity index (χ2v) is 12.7. The molecular formula is C8H18P2. The van der Waals surface area contributed by atoms with Gasteiger partial charge < -0.3 is 0 Å². The molecule has 0 saturated heterocycles. The van der Waals surface area contributed by atoms with Crippen LogP contribution in [0.2, 0.25) is 0 Å². The first kappa shape index (κ1) is 8.73. The molecule has 1 heterocycles. The Hall–Kier alpha value is 0.640. The fourth-order valence-electron chi connectivity index (χ4n) is 1.69. The Morgan fingerprint density at radius 1 is 0.900 bits per heavy atom. The van der Waals surface area contributed by atoms with E-state index < -0.39 is 13.8 Å². The highest BCUT2D eigenvalue weighted by atomic mass is 31.2. The van der Waals surface area contributed by atoms with E-state index in [1.165, 1.54) is 18.7 Å². The molecule has 0 aromatic carbocycles. The molecule has 0 bridgehead atoms. The highest BCUT2D eigenvalue weighted by Gasteiger charge is 2.12. The second kappa shape index (κ2) is 2.60. The van der Waals surface area contributed by atoms with E-state index in [2.05, 4.69) is 31.8 Å². The summed E-state index contributed by atoms with van der Waals surface area (Å²) in [5.41, 5.74) is 0. The van der Waals surface area contributed by atoms with Gasteiger partial charge in [0, 0.05) is 0 Å². The molecule has 0 aliphatic carbocycles. The molecule has 0 fully saturated rings. The molecule has 60 valence electrons. The predicted molar refractivity (Wildman–Crippen MR) is 56.9 cm³/mol. The number of hydrogen-bond acceptors (Lipinski definition) is 0. The lowest BCUT2D eigenvalue weighted by atomic mass is 10.6. The van der Waals surface area contributed by atoms with Crippen molar-refractivity contribution in [1.29, 1.82) is 0 Å². The zero-order chi connectivity index (χ0) is 7.83. The summed E-state index contributed by atoms with van der Waals surface area (Å²) in [5, 5.41) is 3.85. The molecule has 0 aromatic heterocycles. The molecule has 0 radical (unpaired) electrons. The van der Waals surface area contributed by atoms with Crippen LogP contribution in [-0.4, -0.2) is 44.2 Å². The molecule has 0 aromatic rings. The normalized spacial score (nSPS) is 28.4. The van der Waals surface area contributed by atoms with Gasteiger partial charge in [-0.3, -0.25) is 0 Å². The molecule has 10 heavy (non-hydrogen) atoms. The summed E-state index contributed by atoms with van der Waals surface area (Å²) in [6.45, 7) is 8.38. The maximum absolute atomic E-state index is 3.85. The van der Waals surface area contributed by atoms with Gasteiger partial charge in [-0.2, -0.15) is 0 Å². The smallest absolute Gasteiger partial charge is 0.0262 e. The summed E-state index contributed by atoms with van der Waals surface area (Å²) < 4.78 is 0. The molecule has 0 N–H and O–H groups in total. The van der Waals surface area contributed by atoms with Crippen LogP contribution >= 0.6 is 13.8 Å². The van der Waals surface area contributed by atoms with Gasteiger partial charge in [-0.15, -0.1) is 5.17 Å². The molecule has 1 aliphatic heterocycles. The topological polar surface area (TPSA) is 0 Å². The van der Waals surface area contributed by atoms with Crippen molar-refractivity contribution in [2.24, 2.45) is 0 Å².